The highest BCUT2D eigenvalue weighted by Crippen LogP contribution is 2.31. The maximum atomic E-state index is 15.3. The zero-order valence-electron chi connectivity index (χ0n) is 61.6. The fourth-order valence-electron chi connectivity index (χ4n) is 12.8. The number of fused-ring (bicyclic) bond motifs is 1. The van der Waals surface area contributed by atoms with Crippen molar-refractivity contribution >= 4 is 71.1 Å². The molecule has 0 aromatic carbocycles. The standard InChI is InChI=1S/C68H119N13O14/c1-25-28-29-43(14)56(82)55-59(85)70-48(26-2)63(89)72(19)46(17)61(87)76(23)54(44(15)37-95-68(94)79-32-30-78(27-3)31-33-79)58(84)71-52(41(10)11)66(92)73(20)49(34-38(4)5)57(83)69-45(16)60(86)80-47(18)62(88)81(80)51(36-40(8)9)65(91)74(21)50(35-39(6)7)64(90)75(22)53(42(12)13)67(93)77(55)24/h25,28,38-56,82H,26-27,29-37H2,1-24H3,(H,69,83)(H,70,85)(H,71,84)/b28-25+/t43-,44+,45+,46-,47-,48+,49+,50+,51+,52+,53+,54+,55+,56-/m1/s1. The Labute approximate surface area is 566 Å². The van der Waals surface area contributed by atoms with Crippen molar-refractivity contribution in [1.82, 2.24) is 65.2 Å². The second-order valence-electron chi connectivity index (χ2n) is 28.6. The van der Waals surface area contributed by atoms with Crippen LogP contribution in [0.15, 0.2) is 12.2 Å². The topological polar surface area (TPSA) is 303 Å². The number of allylic oxidation sites excluding steroid dienone is 2. The number of aliphatic hydroxyl groups excluding tert-OH is 1. The molecule has 3 rings (SSSR count). The van der Waals surface area contributed by atoms with Crippen molar-refractivity contribution in [2.24, 2.45) is 41.4 Å². The van der Waals surface area contributed by atoms with Gasteiger partial charge in [0, 0.05) is 74.4 Å². The Kier molecular flexibility index (Phi) is 31.6. The summed E-state index contributed by atoms with van der Waals surface area (Å²) in [6, 6.07) is -14.7. The van der Waals surface area contributed by atoms with Crippen LogP contribution in [0.25, 0.3) is 0 Å². The molecular weight excluding hydrogens is 1220 g/mol. The van der Waals surface area contributed by atoms with Gasteiger partial charge < -0.3 is 65.0 Å². The van der Waals surface area contributed by atoms with Crippen LogP contribution < -0.4 is 16.0 Å². The van der Waals surface area contributed by atoms with Gasteiger partial charge in [-0.1, -0.05) is 109 Å². The molecule has 0 aliphatic carbocycles. The summed E-state index contributed by atoms with van der Waals surface area (Å²) in [6.45, 7) is 33.4. The predicted molar refractivity (Wildman–Crippen MR) is 361 cm³/mol. The van der Waals surface area contributed by atoms with E-state index in [0.29, 0.717) is 26.2 Å². The van der Waals surface area contributed by atoms with E-state index in [1.165, 1.54) is 77.8 Å². The van der Waals surface area contributed by atoms with Crippen molar-refractivity contribution in [3.05, 3.63) is 12.2 Å². The number of rotatable bonds is 17. The van der Waals surface area contributed by atoms with E-state index in [-0.39, 0.29) is 56.5 Å². The molecule has 14 atom stereocenters. The largest absolute Gasteiger partial charge is 0.449 e. The van der Waals surface area contributed by atoms with E-state index in [1.807, 2.05) is 48.5 Å². The first-order valence-electron chi connectivity index (χ1n) is 34.3. The Morgan fingerprint density at radius 3 is 1.52 bits per heavy atom. The lowest BCUT2D eigenvalue weighted by Gasteiger charge is -2.53. The molecule has 27 heteroatoms. The van der Waals surface area contributed by atoms with Gasteiger partial charge in [-0.3, -0.25) is 52.7 Å². The summed E-state index contributed by atoms with van der Waals surface area (Å²) in [7, 11) is 8.28. The van der Waals surface area contributed by atoms with Gasteiger partial charge >= 0.3 is 6.09 Å². The van der Waals surface area contributed by atoms with Gasteiger partial charge in [0.2, 0.25) is 53.2 Å². The minimum Gasteiger partial charge on any atom is -0.449 e. The quantitative estimate of drug-likeness (QED) is 0.152. The highest BCUT2D eigenvalue weighted by atomic mass is 16.6. The Balaban J connectivity index is 2.39. The summed E-state index contributed by atoms with van der Waals surface area (Å²) in [4.78, 5) is 189. The van der Waals surface area contributed by atoms with E-state index in [4.69, 9.17) is 4.74 Å². The third-order valence-electron chi connectivity index (χ3n) is 19.0. The second kappa shape index (κ2) is 36.4. The highest BCUT2D eigenvalue weighted by Gasteiger charge is 2.54. The second-order valence-corrected chi connectivity index (χ2v) is 28.6. The average Bonchev–Trinajstić information content (AvgIpc) is 0.748. The highest BCUT2D eigenvalue weighted by molar-refractivity contribution is 6.02. The number of nitrogens with zero attached hydrogens (tertiary/aromatic N) is 10. The number of ether oxygens (including phenoxy) is 1. The molecule has 540 valence electrons. The van der Waals surface area contributed by atoms with E-state index in [9.17, 15) is 29.1 Å². The van der Waals surface area contributed by atoms with Crippen LogP contribution in [0.3, 0.4) is 0 Å². The number of aliphatic hydroxyl groups is 1. The van der Waals surface area contributed by atoms with Crippen LogP contribution in [-0.2, 0) is 57.5 Å². The molecule has 4 N–H and O–H groups in total. The van der Waals surface area contributed by atoms with E-state index in [0.717, 1.165) is 31.3 Å². The Hall–Kier alpha value is -6.90. The van der Waals surface area contributed by atoms with Crippen LogP contribution in [0.1, 0.15) is 157 Å². The summed E-state index contributed by atoms with van der Waals surface area (Å²) >= 11 is 0. The first-order valence-corrected chi connectivity index (χ1v) is 34.3. The van der Waals surface area contributed by atoms with Crippen molar-refractivity contribution in [3.63, 3.8) is 0 Å². The minimum absolute atomic E-state index is 0.0359. The zero-order chi connectivity index (χ0) is 72.7. The van der Waals surface area contributed by atoms with Crippen molar-refractivity contribution in [2.45, 2.75) is 229 Å². The third kappa shape index (κ3) is 20.3. The fourth-order valence-corrected chi connectivity index (χ4v) is 12.8. The van der Waals surface area contributed by atoms with E-state index in [2.05, 4.69) is 20.9 Å². The van der Waals surface area contributed by atoms with Gasteiger partial charge in [-0.15, -0.1) is 0 Å². The summed E-state index contributed by atoms with van der Waals surface area (Å²) in [5.74, 6) is -11.6. The Morgan fingerprint density at radius 1 is 0.516 bits per heavy atom. The van der Waals surface area contributed by atoms with E-state index < -0.39 is 167 Å². The molecule has 0 saturated carbocycles. The van der Waals surface area contributed by atoms with E-state index >= 15 is 33.6 Å². The van der Waals surface area contributed by atoms with Crippen molar-refractivity contribution in [2.75, 3.05) is 81.6 Å². The number of likely N-dealkylation sites (N-methyl/N-ethyl adjacent to an activating group) is 7. The SMILES string of the molecule is C/C=C/C[C@@H](C)[C@@H](O)[C@H]1C(=O)N[C@@H](CC)C(=O)N(C)[C@H](C)C(=O)N(C)[C@@H]([C@@H](C)COC(=O)N2CCN(CC)CC2)C(=O)N[C@@H](C(C)C)C(=O)N(C)[C@@H](CC(C)C)C(=O)N[C@@H](C)C(=O)N2[C@H](C)C(=O)N2[C@@H](CC(C)C)C(=O)N(C)[C@@H](CC(C)C)C(=O)N(C)[C@@H](C(C)C)C(=O)N1C. The predicted octanol–water partition coefficient (Wildman–Crippen LogP) is 3.03. The van der Waals surface area contributed by atoms with Crippen LogP contribution >= 0.6 is 0 Å². The number of hydrazine groups is 1. The molecule has 12 amide bonds. The number of carbonyl (C=O) groups is 12. The molecule has 0 aromatic heterocycles. The molecule has 0 spiro atoms. The molecule has 0 unspecified atom stereocenters. The van der Waals surface area contributed by atoms with Gasteiger partial charge in [0.15, 0.2) is 0 Å². The number of amides is 12. The Bertz CT molecular complexity index is 2720. The van der Waals surface area contributed by atoms with Crippen LogP contribution in [0.4, 0.5) is 4.79 Å². The van der Waals surface area contributed by atoms with Gasteiger partial charge in [-0.25, -0.2) is 14.8 Å². The first-order chi connectivity index (χ1) is 44.2. The molecule has 3 heterocycles. The lowest BCUT2D eigenvalue weighted by Crippen LogP contribution is -2.76. The maximum Gasteiger partial charge on any atom is 0.409 e. The molecule has 3 saturated heterocycles. The average molecular weight is 1340 g/mol. The summed E-state index contributed by atoms with van der Waals surface area (Å²) in [5.41, 5.74) is 0. The summed E-state index contributed by atoms with van der Waals surface area (Å²) < 4.78 is 5.83. The number of piperazine rings is 1. The lowest BCUT2D eigenvalue weighted by atomic mass is 9.91. The van der Waals surface area contributed by atoms with Crippen molar-refractivity contribution in [1.29, 1.82) is 0 Å². The third-order valence-corrected chi connectivity index (χ3v) is 19.0. The monoisotopic (exact) mass is 1340 g/mol. The molecule has 27 nitrogen and oxygen atoms in total. The Morgan fingerprint density at radius 2 is 1.01 bits per heavy atom. The van der Waals surface area contributed by atoms with Gasteiger partial charge in [0.1, 0.15) is 66.5 Å². The molecule has 3 fully saturated rings. The van der Waals surface area contributed by atoms with Crippen molar-refractivity contribution in [3.8, 4) is 0 Å². The smallest absolute Gasteiger partial charge is 0.409 e. The zero-order valence-corrected chi connectivity index (χ0v) is 61.6. The molecule has 0 radical (unpaired) electrons. The molecule has 0 bridgehead atoms. The molecule has 3 aliphatic rings. The lowest BCUT2D eigenvalue weighted by molar-refractivity contribution is -0.211. The molecule has 3 aliphatic heterocycles. The number of hydrogen-bond donors (Lipinski definition) is 4. The van der Waals surface area contributed by atoms with E-state index in [1.54, 1.807) is 72.4 Å². The number of hydrogen-bond acceptors (Lipinski definition) is 15. The minimum atomic E-state index is -1.67. The number of nitrogens with one attached hydrogen (secondary N) is 3. The summed E-state index contributed by atoms with van der Waals surface area (Å²) in [6.07, 6.45) is 1.84. The van der Waals surface area contributed by atoms with Gasteiger partial charge in [-0.05, 0) is 102 Å². The normalized spacial score (nSPS) is 27.8. The fraction of sp³-hybridized carbons (Fsp3) is 0.794. The van der Waals surface area contributed by atoms with Crippen LogP contribution in [0.2, 0.25) is 0 Å². The van der Waals surface area contributed by atoms with Crippen LogP contribution in [0, 0.1) is 41.4 Å². The number of carbonyl (C=O) groups excluding carboxylic acids is 12. The molecule has 95 heavy (non-hydrogen) atoms. The molecule has 0 aromatic rings. The maximum absolute atomic E-state index is 15.3. The summed E-state index contributed by atoms with van der Waals surface area (Å²) in [5, 5.41) is 22.8. The van der Waals surface area contributed by atoms with Gasteiger partial charge in [-0.2, -0.15) is 0 Å². The first kappa shape index (κ1) is 82.3. The van der Waals surface area contributed by atoms with Crippen molar-refractivity contribution < 1.29 is 67.4 Å². The van der Waals surface area contributed by atoms with Gasteiger partial charge in [0.05, 0.1) is 12.7 Å². The van der Waals surface area contributed by atoms with Crippen LogP contribution in [-0.4, -0.2) is 280 Å². The molecular formula is C68H119N13O14. The van der Waals surface area contributed by atoms with Crippen LogP contribution in [0.5, 0.6) is 0 Å². The van der Waals surface area contributed by atoms with Gasteiger partial charge in [0.25, 0.3) is 11.8 Å².